The van der Waals surface area contributed by atoms with E-state index in [1.165, 1.54) is 0 Å². The van der Waals surface area contributed by atoms with Gasteiger partial charge in [0.25, 0.3) is 0 Å². The van der Waals surface area contributed by atoms with Crippen LogP contribution in [0.3, 0.4) is 0 Å². The number of halogens is 2. The van der Waals surface area contributed by atoms with Gasteiger partial charge >= 0.3 is 5.97 Å². The molecule has 4 atom stereocenters. The molecule has 0 unspecified atom stereocenters. The monoisotopic (exact) mass is 613 g/mol. The molecule has 0 spiro atoms. The Morgan fingerprint density at radius 1 is 1.31 bits per heavy atom. The van der Waals surface area contributed by atoms with E-state index in [9.17, 15) is 4.79 Å². The Balaban J connectivity index is 1.51. The highest BCUT2D eigenvalue weighted by atomic mass is 127. The molecular formula is C23H25ClIN5O5. The number of hydrogen-bond acceptors (Lipinski definition) is 9. The SMILES string of the molecule is CCOC(=O)[C@H]1O[C@@H](n2cnc3c(NCc4cccc(I)c4)nc(Cl)nc32)[C@]2(C)OC(C)(C)O[C@H]12. The van der Waals surface area contributed by atoms with Crippen molar-refractivity contribution in [2.75, 3.05) is 11.9 Å². The molecule has 2 aliphatic rings. The molecule has 2 aliphatic heterocycles. The molecule has 35 heavy (non-hydrogen) atoms. The van der Waals surface area contributed by atoms with E-state index in [1.807, 2.05) is 25.1 Å². The van der Waals surface area contributed by atoms with Gasteiger partial charge in [0.05, 0.1) is 12.9 Å². The molecule has 3 aromatic rings. The molecule has 186 valence electrons. The maximum Gasteiger partial charge on any atom is 0.338 e. The molecule has 1 aromatic carbocycles. The van der Waals surface area contributed by atoms with Gasteiger partial charge in [-0.15, -0.1) is 0 Å². The van der Waals surface area contributed by atoms with Gasteiger partial charge in [-0.3, -0.25) is 4.57 Å². The summed E-state index contributed by atoms with van der Waals surface area (Å²) in [5.74, 6) is -0.942. The van der Waals surface area contributed by atoms with E-state index < -0.39 is 35.8 Å². The first kappa shape index (κ1) is 24.6. The summed E-state index contributed by atoms with van der Waals surface area (Å²) in [6.07, 6.45) is -0.848. The Labute approximate surface area is 220 Å². The zero-order chi connectivity index (χ0) is 25.0. The number of imidazole rings is 1. The van der Waals surface area contributed by atoms with Crippen LogP contribution in [0.15, 0.2) is 30.6 Å². The Bertz CT molecular complexity index is 1290. The second-order valence-electron chi connectivity index (χ2n) is 9.03. The molecule has 2 saturated heterocycles. The number of carbonyl (C=O) groups is 1. The zero-order valence-corrected chi connectivity index (χ0v) is 22.5. The maximum absolute atomic E-state index is 12.7. The van der Waals surface area contributed by atoms with Gasteiger partial charge in [-0.2, -0.15) is 9.97 Å². The topological polar surface area (TPSA) is 110 Å². The van der Waals surface area contributed by atoms with Crippen LogP contribution in [-0.4, -0.2) is 55.7 Å². The first-order chi connectivity index (χ1) is 16.6. The van der Waals surface area contributed by atoms with Crippen molar-refractivity contribution in [3.63, 3.8) is 0 Å². The van der Waals surface area contributed by atoms with Crippen LogP contribution >= 0.6 is 34.2 Å². The molecule has 0 bridgehead atoms. The van der Waals surface area contributed by atoms with E-state index in [1.54, 1.807) is 31.7 Å². The highest BCUT2D eigenvalue weighted by Gasteiger charge is 2.66. The summed E-state index contributed by atoms with van der Waals surface area (Å²) in [5, 5.41) is 3.35. The van der Waals surface area contributed by atoms with Crippen molar-refractivity contribution in [2.24, 2.45) is 0 Å². The van der Waals surface area contributed by atoms with Gasteiger partial charge in [0, 0.05) is 10.1 Å². The summed E-state index contributed by atoms with van der Waals surface area (Å²) in [6.45, 7) is 7.94. The minimum absolute atomic E-state index is 0.0509. The molecule has 2 aromatic heterocycles. The number of ether oxygens (including phenoxy) is 4. The van der Waals surface area contributed by atoms with Gasteiger partial charge in [-0.1, -0.05) is 12.1 Å². The van der Waals surface area contributed by atoms with E-state index in [0.717, 1.165) is 9.13 Å². The largest absolute Gasteiger partial charge is 0.464 e. The summed E-state index contributed by atoms with van der Waals surface area (Å²) in [6, 6.07) is 8.13. The predicted octanol–water partition coefficient (Wildman–Crippen LogP) is 4.07. The molecule has 12 heteroatoms. The third kappa shape index (κ3) is 4.48. The smallest absolute Gasteiger partial charge is 0.338 e. The first-order valence-electron chi connectivity index (χ1n) is 11.2. The lowest BCUT2D eigenvalue weighted by Gasteiger charge is -2.30. The number of rotatable bonds is 6. The van der Waals surface area contributed by atoms with Crippen molar-refractivity contribution >= 4 is 57.1 Å². The van der Waals surface area contributed by atoms with Crippen molar-refractivity contribution in [1.82, 2.24) is 19.5 Å². The van der Waals surface area contributed by atoms with Crippen molar-refractivity contribution in [3.05, 3.63) is 45.0 Å². The fourth-order valence-electron chi connectivity index (χ4n) is 4.70. The highest BCUT2D eigenvalue weighted by Crippen LogP contribution is 2.51. The average Bonchev–Trinajstić information content (AvgIpc) is 3.38. The molecule has 0 saturated carbocycles. The normalized spacial score (nSPS) is 27.2. The Morgan fingerprint density at radius 2 is 2.11 bits per heavy atom. The van der Waals surface area contributed by atoms with E-state index >= 15 is 0 Å². The van der Waals surface area contributed by atoms with Gasteiger partial charge in [0.2, 0.25) is 5.28 Å². The molecule has 10 nitrogen and oxygen atoms in total. The summed E-state index contributed by atoms with van der Waals surface area (Å²) in [4.78, 5) is 26.0. The van der Waals surface area contributed by atoms with E-state index in [0.29, 0.717) is 23.5 Å². The van der Waals surface area contributed by atoms with Gasteiger partial charge in [0.15, 0.2) is 35.1 Å². The third-order valence-corrected chi connectivity index (χ3v) is 6.84. The van der Waals surface area contributed by atoms with Gasteiger partial charge in [-0.05, 0) is 79.6 Å². The standard InChI is InChI=1S/C23H25ClIN5O5/c1-5-32-19(31)15-16-23(4,35-22(2,3)34-16)20(33-15)30-11-27-14-17(28-21(24)29-18(14)30)26-10-12-7-6-8-13(25)9-12/h6-9,11,15-16,20H,5,10H2,1-4H3,(H,26,28,29)/t15-,16+,20+,23+/m0/s1. The number of aromatic nitrogens is 4. The summed E-state index contributed by atoms with van der Waals surface area (Å²) < 4.78 is 26.6. The lowest BCUT2D eigenvalue weighted by Crippen LogP contribution is -2.43. The quantitative estimate of drug-likeness (QED) is 0.250. The molecule has 0 amide bonds. The minimum Gasteiger partial charge on any atom is -0.464 e. The number of esters is 1. The number of fused-ring (bicyclic) bond motifs is 2. The van der Waals surface area contributed by atoms with E-state index in [2.05, 4.69) is 48.9 Å². The van der Waals surface area contributed by atoms with Crippen LogP contribution in [0.1, 0.15) is 39.5 Å². The maximum atomic E-state index is 12.7. The average molecular weight is 614 g/mol. The van der Waals surface area contributed by atoms with E-state index in [-0.39, 0.29) is 11.9 Å². The lowest BCUT2D eigenvalue weighted by atomic mass is 9.96. The van der Waals surface area contributed by atoms with Gasteiger partial charge in [0.1, 0.15) is 11.7 Å². The molecular weight excluding hydrogens is 589 g/mol. The second kappa shape index (κ2) is 9.11. The molecule has 0 aliphatic carbocycles. The lowest BCUT2D eigenvalue weighted by molar-refractivity contribution is -0.218. The fraction of sp³-hybridized carbons (Fsp3) is 0.478. The van der Waals surface area contributed by atoms with Gasteiger partial charge < -0.3 is 24.3 Å². The van der Waals surface area contributed by atoms with Crippen LogP contribution in [-0.2, 0) is 30.3 Å². The van der Waals surface area contributed by atoms with Crippen LogP contribution in [0.5, 0.6) is 0 Å². The molecule has 0 radical (unpaired) electrons. The fourth-order valence-corrected chi connectivity index (χ4v) is 5.47. The third-order valence-electron chi connectivity index (χ3n) is 6.00. The Kier molecular flexibility index (Phi) is 6.41. The Hall–Kier alpha value is -2.06. The number of hydrogen-bond donors (Lipinski definition) is 1. The summed E-state index contributed by atoms with van der Waals surface area (Å²) in [7, 11) is 0. The highest BCUT2D eigenvalue weighted by molar-refractivity contribution is 14.1. The summed E-state index contributed by atoms with van der Waals surface area (Å²) in [5.41, 5.74) is 1.03. The summed E-state index contributed by atoms with van der Waals surface area (Å²) >= 11 is 8.57. The minimum atomic E-state index is -1.01. The Morgan fingerprint density at radius 3 is 2.86 bits per heavy atom. The number of anilines is 1. The van der Waals surface area contributed by atoms with Crippen LogP contribution in [0.4, 0.5) is 5.82 Å². The van der Waals surface area contributed by atoms with Crippen LogP contribution in [0.2, 0.25) is 5.28 Å². The number of nitrogens with one attached hydrogen (secondary N) is 1. The van der Waals surface area contributed by atoms with E-state index in [4.69, 9.17) is 30.5 Å². The van der Waals surface area contributed by atoms with Crippen molar-refractivity contribution < 1.29 is 23.7 Å². The number of nitrogens with zero attached hydrogens (tertiary/aromatic N) is 4. The van der Waals surface area contributed by atoms with Crippen LogP contribution in [0, 0.1) is 3.57 Å². The van der Waals surface area contributed by atoms with Gasteiger partial charge in [-0.25, -0.2) is 9.78 Å². The molecule has 5 rings (SSSR count). The zero-order valence-electron chi connectivity index (χ0n) is 19.6. The van der Waals surface area contributed by atoms with Crippen molar-refractivity contribution in [2.45, 2.75) is 64.1 Å². The molecule has 1 N–H and O–H groups in total. The molecule has 4 heterocycles. The first-order valence-corrected chi connectivity index (χ1v) is 12.7. The van der Waals surface area contributed by atoms with Crippen LogP contribution in [0.25, 0.3) is 11.2 Å². The predicted molar refractivity (Wildman–Crippen MR) is 136 cm³/mol. The van der Waals surface area contributed by atoms with Crippen molar-refractivity contribution in [1.29, 1.82) is 0 Å². The number of benzene rings is 1. The van der Waals surface area contributed by atoms with Crippen molar-refractivity contribution in [3.8, 4) is 0 Å². The second-order valence-corrected chi connectivity index (χ2v) is 10.6. The van der Waals surface area contributed by atoms with Crippen LogP contribution < -0.4 is 5.32 Å². The number of carbonyl (C=O) groups excluding carboxylic acids is 1. The molecule has 2 fully saturated rings.